The first kappa shape index (κ1) is 31.0. The maximum absolute atomic E-state index is 12.0. The number of carboxylic acid groups (broad SMARTS) is 2. The summed E-state index contributed by atoms with van der Waals surface area (Å²) >= 11 is 0. The number of aliphatic hydroxyl groups is 1. The van der Waals surface area contributed by atoms with Crippen molar-refractivity contribution in [1.82, 2.24) is 20.3 Å². The van der Waals surface area contributed by atoms with Crippen LogP contribution in [0.4, 0.5) is 13.2 Å². The zero-order chi connectivity index (χ0) is 27.8. The van der Waals surface area contributed by atoms with Gasteiger partial charge in [0, 0.05) is 6.92 Å². The van der Waals surface area contributed by atoms with E-state index in [0.29, 0.717) is 12.1 Å². The number of nitrogens with two attached hydrogens (primary N) is 1. The quantitative estimate of drug-likeness (QED) is 0.316. The number of hydrogen-bond donors (Lipinski definition) is 5. The van der Waals surface area contributed by atoms with Crippen LogP contribution in [0.5, 0.6) is 0 Å². The van der Waals surface area contributed by atoms with Gasteiger partial charge in [0.05, 0.1) is 42.2 Å². The molecule has 0 bridgehead atoms. The first-order chi connectivity index (χ1) is 16.7. The minimum Gasteiger partial charge on any atom is -0.478 e. The maximum atomic E-state index is 12.0. The van der Waals surface area contributed by atoms with Gasteiger partial charge in [0.15, 0.2) is 0 Å². The Labute approximate surface area is 205 Å². The highest BCUT2D eigenvalue weighted by Gasteiger charge is 2.44. The third-order valence-electron chi connectivity index (χ3n) is 5.46. The molecule has 12 nitrogen and oxygen atoms in total. The zero-order valence-electron chi connectivity index (χ0n) is 20.3. The molecule has 204 valence electrons. The second-order valence-electron chi connectivity index (χ2n) is 8.07. The summed E-state index contributed by atoms with van der Waals surface area (Å²) in [4.78, 5) is 32.7. The summed E-state index contributed by atoms with van der Waals surface area (Å²) in [6.07, 6.45) is -1.76. The molecule has 1 amide bonds. The summed E-state index contributed by atoms with van der Waals surface area (Å²) in [6.45, 7) is 7.12. The number of aromatic nitrogens is 3. The molecule has 0 saturated heterocycles. The van der Waals surface area contributed by atoms with Crippen LogP contribution in [0.25, 0.3) is 0 Å². The predicted octanol–water partition coefficient (Wildman–Crippen LogP) is 1.33. The largest absolute Gasteiger partial charge is 0.490 e. The second-order valence-corrected chi connectivity index (χ2v) is 8.07. The lowest BCUT2D eigenvalue weighted by molar-refractivity contribution is -0.192. The van der Waals surface area contributed by atoms with Crippen LogP contribution < -0.4 is 11.1 Å². The van der Waals surface area contributed by atoms with Gasteiger partial charge in [0.25, 0.3) is 0 Å². The number of carboxylic acids is 2. The predicted molar refractivity (Wildman–Crippen MR) is 119 cm³/mol. The fourth-order valence-electron chi connectivity index (χ4n) is 3.55. The van der Waals surface area contributed by atoms with Crippen molar-refractivity contribution < 1.29 is 47.6 Å². The highest BCUT2D eigenvalue weighted by Crippen LogP contribution is 2.32. The van der Waals surface area contributed by atoms with E-state index in [1.54, 1.807) is 6.92 Å². The van der Waals surface area contributed by atoms with E-state index in [1.807, 2.05) is 13.8 Å². The van der Waals surface area contributed by atoms with E-state index in [-0.39, 0.29) is 17.6 Å². The van der Waals surface area contributed by atoms with Crippen molar-refractivity contribution in [3.8, 4) is 0 Å². The Morgan fingerprint density at radius 3 is 2.17 bits per heavy atom. The first-order valence-corrected chi connectivity index (χ1v) is 11.2. The molecule has 0 radical (unpaired) electrons. The maximum Gasteiger partial charge on any atom is 0.490 e. The van der Waals surface area contributed by atoms with Crippen LogP contribution in [0.2, 0.25) is 0 Å². The van der Waals surface area contributed by atoms with Crippen molar-refractivity contribution in [3.05, 3.63) is 23.5 Å². The van der Waals surface area contributed by atoms with Crippen molar-refractivity contribution in [3.63, 3.8) is 0 Å². The summed E-state index contributed by atoms with van der Waals surface area (Å²) < 4.78 is 39.1. The number of alkyl halides is 3. The Morgan fingerprint density at radius 2 is 1.75 bits per heavy atom. The lowest BCUT2D eigenvalue weighted by Crippen LogP contribution is -2.60. The molecule has 1 heterocycles. The molecule has 1 aromatic heterocycles. The number of amides is 1. The molecule has 1 unspecified atom stereocenters. The van der Waals surface area contributed by atoms with E-state index < -0.39 is 48.4 Å². The van der Waals surface area contributed by atoms with Gasteiger partial charge in [-0.15, -0.1) is 5.10 Å². The van der Waals surface area contributed by atoms with E-state index >= 15 is 0 Å². The van der Waals surface area contributed by atoms with Gasteiger partial charge < -0.3 is 31.1 Å². The standard InChI is InChI=1S/C19H31N5O5.C2HF3O2/c1-5-11(6-2)29-15-8-12(19(27)28)18(16(20)17(15)21-10(4)25)24-9-13(22-23-24)14(26)7-3;3-2(4,5)1(6)7/h8-9,11,14-18,26H,5-7,20H2,1-4H3,(H,21,25)(H,27,28);(H,6,7)/t14?,15-,16-,17+,18-;/m1./s1. The lowest BCUT2D eigenvalue weighted by Gasteiger charge is -2.40. The van der Waals surface area contributed by atoms with Gasteiger partial charge in [0.2, 0.25) is 5.91 Å². The minimum absolute atomic E-state index is 0.0116. The number of nitrogens with one attached hydrogen (secondary N) is 1. The van der Waals surface area contributed by atoms with Gasteiger partial charge in [0.1, 0.15) is 11.7 Å². The highest BCUT2D eigenvalue weighted by molar-refractivity contribution is 5.88. The number of aliphatic carboxylic acids is 2. The van der Waals surface area contributed by atoms with Crippen LogP contribution >= 0.6 is 0 Å². The molecule has 2 rings (SSSR count). The molecule has 1 aromatic rings. The SMILES string of the molecule is CCC(CC)O[C@@H]1C=C(C(=O)O)[C@@H](n2cc(C(O)CC)nn2)[C@H](N)[C@H]1NC(C)=O.O=C(O)C(F)(F)F. The van der Waals surface area contributed by atoms with E-state index in [4.69, 9.17) is 20.4 Å². The van der Waals surface area contributed by atoms with Crippen LogP contribution in [0, 0.1) is 0 Å². The molecule has 15 heteroatoms. The van der Waals surface area contributed by atoms with E-state index in [9.17, 15) is 33.0 Å². The van der Waals surface area contributed by atoms with Gasteiger partial charge in [-0.3, -0.25) is 4.79 Å². The fourth-order valence-corrected chi connectivity index (χ4v) is 3.55. The van der Waals surface area contributed by atoms with Crippen LogP contribution in [-0.2, 0) is 19.1 Å². The molecule has 1 aliphatic rings. The zero-order valence-corrected chi connectivity index (χ0v) is 20.3. The van der Waals surface area contributed by atoms with Gasteiger partial charge >= 0.3 is 18.1 Å². The Morgan fingerprint density at radius 1 is 1.19 bits per heavy atom. The fraction of sp³-hybridized carbons (Fsp3) is 0.667. The van der Waals surface area contributed by atoms with Crippen molar-refractivity contribution in [2.75, 3.05) is 0 Å². The molecule has 36 heavy (non-hydrogen) atoms. The Balaban J connectivity index is 0.000000809. The number of halogens is 3. The summed E-state index contributed by atoms with van der Waals surface area (Å²) in [7, 11) is 0. The second kappa shape index (κ2) is 13.3. The van der Waals surface area contributed by atoms with E-state index in [2.05, 4.69) is 15.6 Å². The minimum atomic E-state index is -5.08. The smallest absolute Gasteiger partial charge is 0.478 e. The van der Waals surface area contributed by atoms with Gasteiger partial charge in [-0.1, -0.05) is 26.0 Å². The molecule has 0 spiro atoms. The Kier molecular flexibility index (Phi) is 11.5. The molecule has 0 aromatic carbocycles. The molecule has 0 saturated carbocycles. The molecule has 0 aliphatic heterocycles. The van der Waals surface area contributed by atoms with Crippen LogP contribution in [0.15, 0.2) is 17.8 Å². The summed E-state index contributed by atoms with van der Waals surface area (Å²) in [5, 5.41) is 37.7. The van der Waals surface area contributed by atoms with Gasteiger partial charge in [-0.25, -0.2) is 14.3 Å². The number of nitrogens with zero attached hydrogens (tertiary/aromatic N) is 3. The topological polar surface area (TPSA) is 190 Å². The average Bonchev–Trinajstić information content (AvgIpc) is 3.27. The third-order valence-corrected chi connectivity index (χ3v) is 5.46. The number of hydrogen-bond acceptors (Lipinski definition) is 8. The monoisotopic (exact) mass is 523 g/mol. The Bertz CT molecular complexity index is 933. The Hall–Kier alpha value is -3.04. The normalized spacial score (nSPS) is 22.8. The molecular formula is C21H32F3N5O7. The molecule has 6 N–H and O–H groups in total. The lowest BCUT2D eigenvalue weighted by atomic mass is 9.83. The van der Waals surface area contributed by atoms with Crippen molar-refractivity contribution in [1.29, 1.82) is 0 Å². The number of rotatable bonds is 9. The molecule has 5 atom stereocenters. The average molecular weight is 524 g/mol. The van der Waals surface area contributed by atoms with E-state index in [0.717, 1.165) is 12.8 Å². The number of carbonyl (C=O) groups is 3. The van der Waals surface area contributed by atoms with Crippen molar-refractivity contribution in [2.24, 2.45) is 5.73 Å². The number of aliphatic hydroxyl groups excluding tert-OH is 1. The van der Waals surface area contributed by atoms with E-state index in [1.165, 1.54) is 23.9 Å². The van der Waals surface area contributed by atoms with Crippen molar-refractivity contribution in [2.45, 2.75) is 89.6 Å². The molecule has 1 aliphatic carbocycles. The van der Waals surface area contributed by atoms with Gasteiger partial charge in [-0.05, 0) is 25.3 Å². The van der Waals surface area contributed by atoms with Crippen LogP contribution in [0.1, 0.15) is 64.8 Å². The van der Waals surface area contributed by atoms with Crippen LogP contribution in [-0.4, -0.2) is 78.6 Å². The van der Waals surface area contributed by atoms with Crippen LogP contribution in [0.3, 0.4) is 0 Å². The van der Waals surface area contributed by atoms with Gasteiger partial charge in [-0.2, -0.15) is 13.2 Å². The molecular weight excluding hydrogens is 491 g/mol. The third kappa shape index (κ3) is 8.27. The summed E-state index contributed by atoms with van der Waals surface area (Å²) in [6, 6.07) is -2.36. The first-order valence-electron chi connectivity index (χ1n) is 11.2. The molecule has 0 fully saturated rings. The van der Waals surface area contributed by atoms with Crippen molar-refractivity contribution >= 4 is 17.8 Å². The highest BCUT2D eigenvalue weighted by atomic mass is 19.4. The number of ether oxygens (including phenoxy) is 1. The summed E-state index contributed by atoms with van der Waals surface area (Å²) in [5.41, 5.74) is 6.79. The number of carbonyl (C=O) groups excluding carboxylic acids is 1. The summed E-state index contributed by atoms with van der Waals surface area (Å²) in [5.74, 6) is -4.21.